The maximum Gasteiger partial charge on any atom is 0.226 e. The third-order valence-electron chi connectivity index (χ3n) is 8.99. The highest BCUT2D eigenvalue weighted by Gasteiger charge is 2.32. The number of nitrogens with zero attached hydrogens (tertiary/aromatic N) is 6. The molecule has 3 aliphatic rings. The molecule has 1 atom stereocenters. The van der Waals surface area contributed by atoms with E-state index in [-0.39, 0.29) is 11.8 Å². The number of aromatic nitrogens is 2. The topological polar surface area (TPSA) is 86.2 Å². The Hall–Kier alpha value is -3.08. The maximum absolute atomic E-state index is 13.3. The second kappa shape index (κ2) is 12.0. The summed E-state index contributed by atoms with van der Waals surface area (Å²) in [5.74, 6) is 1.09. The summed E-state index contributed by atoms with van der Waals surface area (Å²) in [6.45, 7) is 6.75. The zero-order valence-electron chi connectivity index (χ0n) is 24.7. The van der Waals surface area contributed by atoms with Crippen LogP contribution in [0.15, 0.2) is 23.5 Å². The van der Waals surface area contributed by atoms with Crippen LogP contribution in [0.25, 0.3) is 10.2 Å². The van der Waals surface area contributed by atoms with E-state index in [0.29, 0.717) is 25.7 Å². The highest BCUT2D eigenvalue weighted by atomic mass is 32.1. The van der Waals surface area contributed by atoms with Crippen LogP contribution in [0.1, 0.15) is 47.8 Å². The summed E-state index contributed by atoms with van der Waals surface area (Å²) in [5.41, 5.74) is 6.05. The van der Waals surface area contributed by atoms with Crippen molar-refractivity contribution in [1.29, 1.82) is 0 Å². The quantitative estimate of drug-likeness (QED) is 0.402. The number of carbonyl (C=O) groups excluding carboxylic acids is 1. The number of fused-ring (bicyclic) bond motifs is 4. The third kappa shape index (κ3) is 5.57. The van der Waals surface area contributed by atoms with E-state index < -0.39 is 0 Å². The molecular weight excluding hydrogens is 534 g/mol. The van der Waals surface area contributed by atoms with E-state index in [4.69, 9.17) is 9.72 Å². The molecule has 10 heteroatoms. The van der Waals surface area contributed by atoms with E-state index >= 15 is 0 Å². The van der Waals surface area contributed by atoms with E-state index in [1.54, 1.807) is 24.8 Å². The van der Waals surface area contributed by atoms with Gasteiger partial charge in [-0.15, -0.1) is 11.3 Å². The number of aliphatic imine (C=N–C) groups is 1. The average Bonchev–Trinajstić information content (AvgIpc) is 3.61. The van der Waals surface area contributed by atoms with E-state index in [1.165, 1.54) is 27.3 Å². The van der Waals surface area contributed by atoms with Gasteiger partial charge in [0.2, 0.25) is 5.91 Å². The van der Waals surface area contributed by atoms with Crippen LogP contribution in [0.5, 0.6) is 0 Å². The summed E-state index contributed by atoms with van der Waals surface area (Å²) in [5, 5.41) is 4.86. The van der Waals surface area contributed by atoms with Crippen LogP contribution in [-0.4, -0.2) is 91.9 Å². The fraction of sp³-hybridized carbons (Fsp3) is 0.548. The molecule has 0 bridgehead atoms. The first-order chi connectivity index (χ1) is 20.0. The predicted octanol–water partition coefficient (Wildman–Crippen LogP) is 4.50. The Morgan fingerprint density at radius 3 is 2.78 bits per heavy atom. The standard InChI is InChI=1S/C31H41N7O2S/c1-5-37(12-13-40-4)31(39)20-6-7-24-27(16-20)41-30-28(24)29(33-19-34-30)35-25-14-21-17-32-18-22(21)15-26(25)38-10-8-23(9-11-38)36(2)3/h14-15,17,19-20,23H,5-13,16,18H2,1-4H3,(H,33,34,35)/t20-/m0/s1. The van der Waals surface area contributed by atoms with Gasteiger partial charge in [-0.2, -0.15) is 0 Å². The largest absolute Gasteiger partial charge is 0.383 e. The lowest BCUT2D eigenvalue weighted by atomic mass is 9.87. The second-order valence-corrected chi connectivity index (χ2v) is 12.7. The minimum atomic E-state index is 0.00410. The van der Waals surface area contributed by atoms with Gasteiger partial charge in [-0.05, 0) is 81.9 Å². The molecule has 1 amide bonds. The molecule has 6 rings (SSSR count). The molecule has 1 fully saturated rings. The van der Waals surface area contributed by atoms with E-state index in [2.05, 4.69) is 51.3 Å². The molecule has 2 aliphatic heterocycles. The molecule has 4 heterocycles. The SMILES string of the molecule is CCN(CCOC)C(=O)[C@H]1CCc2c(sc3ncnc(Nc4cc5c(cc4N4CCC(N(C)C)CC4)CN=C5)c23)C1. The molecule has 1 saturated heterocycles. The molecule has 41 heavy (non-hydrogen) atoms. The Morgan fingerprint density at radius 1 is 1.20 bits per heavy atom. The van der Waals surface area contributed by atoms with Crippen molar-refractivity contribution < 1.29 is 9.53 Å². The van der Waals surface area contributed by atoms with Crippen molar-refractivity contribution in [2.75, 3.05) is 64.2 Å². The summed E-state index contributed by atoms with van der Waals surface area (Å²) >= 11 is 1.72. The molecular formula is C31H41N7O2S. The summed E-state index contributed by atoms with van der Waals surface area (Å²) in [6.07, 6.45) is 8.41. The van der Waals surface area contributed by atoms with Gasteiger partial charge in [-0.3, -0.25) is 9.79 Å². The van der Waals surface area contributed by atoms with Gasteiger partial charge >= 0.3 is 0 Å². The van der Waals surface area contributed by atoms with Crippen LogP contribution >= 0.6 is 11.3 Å². The van der Waals surface area contributed by atoms with Crippen molar-refractivity contribution in [1.82, 2.24) is 19.8 Å². The third-order valence-corrected chi connectivity index (χ3v) is 10.2. The van der Waals surface area contributed by atoms with E-state index in [9.17, 15) is 4.79 Å². The van der Waals surface area contributed by atoms with Crippen LogP contribution in [0.3, 0.4) is 0 Å². The van der Waals surface area contributed by atoms with Gasteiger partial charge < -0.3 is 24.8 Å². The number of methoxy groups -OCH3 is 1. The normalized spacial score (nSPS) is 18.7. The second-order valence-electron chi connectivity index (χ2n) is 11.6. The minimum Gasteiger partial charge on any atom is -0.383 e. The number of anilines is 3. The van der Waals surface area contributed by atoms with Gasteiger partial charge in [0, 0.05) is 56.3 Å². The zero-order chi connectivity index (χ0) is 28.5. The van der Waals surface area contributed by atoms with Crippen LogP contribution in [0.2, 0.25) is 0 Å². The lowest BCUT2D eigenvalue weighted by Crippen LogP contribution is -2.42. The Bertz CT molecular complexity index is 1440. The van der Waals surface area contributed by atoms with Crippen molar-refractivity contribution in [3.63, 3.8) is 0 Å². The molecule has 2 aromatic heterocycles. The van der Waals surface area contributed by atoms with Crippen molar-refractivity contribution in [3.05, 3.63) is 40.0 Å². The van der Waals surface area contributed by atoms with Crippen molar-refractivity contribution in [2.45, 2.75) is 51.6 Å². The first-order valence-electron chi connectivity index (χ1n) is 14.8. The van der Waals surface area contributed by atoms with Gasteiger partial charge in [0.25, 0.3) is 0 Å². The fourth-order valence-electron chi connectivity index (χ4n) is 6.56. The molecule has 1 aliphatic carbocycles. The summed E-state index contributed by atoms with van der Waals surface area (Å²) in [4.78, 5) is 36.3. The lowest BCUT2D eigenvalue weighted by molar-refractivity contribution is -0.136. The number of likely N-dealkylation sites (N-methyl/N-ethyl adjacent to an activating group) is 1. The number of hydrogen-bond acceptors (Lipinski definition) is 9. The molecule has 0 saturated carbocycles. The number of amides is 1. The Balaban J connectivity index is 1.29. The highest BCUT2D eigenvalue weighted by Crippen LogP contribution is 2.42. The smallest absolute Gasteiger partial charge is 0.226 e. The van der Waals surface area contributed by atoms with Crippen molar-refractivity contribution >= 4 is 50.9 Å². The van der Waals surface area contributed by atoms with Crippen molar-refractivity contribution in [2.24, 2.45) is 10.9 Å². The van der Waals surface area contributed by atoms with Gasteiger partial charge in [-0.25, -0.2) is 9.97 Å². The van der Waals surface area contributed by atoms with Gasteiger partial charge in [0.15, 0.2) is 0 Å². The number of carbonyl (C=O) groups is 1. The molecule has 3 aromatic rings. The van der Waals surface area contributed by atoms with Crippen molar-refractivity contribution in [3.8, 4) is 0 Å². The molecule has 9 nitrogen and oxygen atoms in total. The van der Waals surface area contributed by atoms with Gasteiger partial charge in [0.1, 0.15) is 17.0 Å². The number of piperidine rings is 1. The van der Waals surface area contributed by atoms with E-state index in [1.807, 2.05) is 18.0 Å². The van der Waals surface area contributed by atoms with Crippen LogP contribution in [0.4, 0.5) is 17.2 Å². The predicted molar refractivity (Wildman–Crippen MR) is 167 cm³/mol. The Labute approximate surface area is 246 Å². The van der Waals surface area contributed by atoms with E-state index in [0.717, 1.165) is 73.5 Å². The number of ether oxygens (including phenoxy) is 1. The number of hydrogen-bond donors (Lipinski definition) is 1. The number of thiophene rings is 1. The molecule has 0 radical (unpaired) electrons. The van der Waals surface area contributed by atoms with Crippen LogP contribution in [-0.2, 0) is 28.9 Å². The number of nitrogens with one attached hydrogen (secondary N) is 1. The first kappa shape index (κ1) is 28.1. The molecule has 0 spiro atoms. The minimum absolute atomic E-state index is 0.00410. The molecule has 1 aromatic carbocycles. The number of rotatable bonds is 9. The van der Waals surface area contributed by atoms with Crippen LogP contribution < -0.4 is 10.2 Å². The Morgan fingerprint density at radius 2 is 2.02 bits per heavy atom. The first-order valence-corrected chi connectivity index (χ1v) is 15.7. The monoisotopic (exact) mass is 575 g/mol. The van der Waals surface area contributed by atoms with Gasteiger partial charge in [0.05, 0.1) is 29.9 Å². The fourth-order valence-corrected chi connectivity index (χ4v) is 7.83. The maximum atomic E-state index is 13.3. The lowest BCUT2D eigenvalue weighted by Gasteiger charge is -2.37. The summed E-state index contributed by atoms with van der Waals surface area (Å²) < 4.78 is 5.23. The number of benzene rings is 1. The van der Waals surface area contributed by atoms with Crippen LogP contribution in [0, 0.1) is 5.92 Å². The average molecular weight is 576 g/mol. The molecule has 0 unspecified atom stereocenters. The summed E-state index contributed by atoms with van der Waals surface area (Å²) in [6, 6.07) is 5.18. The zero-order valence-corrected chi connectivity index (χ0v) is 25.5. The molecule has 1 N–H and O–H groups in total. The number of aryl methyl sites for hydroxylation is 1. The molecule has 218 valence electrons. The van der Waals surface area contributed by atoms with Gasteiger partial charge in [-0.1, -0.05) is 0 Å². The summed E-state index contributed by atoms with van der Waals surface area (Å²) in [7, 11) is 6.05. The Kier molecular flexibility index (Phi) is 8.23. The highest BCUT2D eigenvalue weighted by molar-refractivity contribution is 7.19.